The summed E-state index contributed by atoms with van der Waals surface area (Å²) in [5, 5.41) is 13.5. The summed E-state index contributed by atoms with van der Waals surface area (Å²) in [6.07, 6.45) is 3.82. The van der Waals surface area contributed by atoms with E-state index in [4.69, 9.17) is 0 Å². The summed E-state index contributed by atoms with van der Waals surface area (Å²) in [7, 11) is 0. The van der Waals surface area contributed by atoms with Gasteiger partial charge < -0.3 is 10.4 Å². The van der Waals surface area contributed by atoms with Crippen LogP contribution < -0.4 is 5.32 Å². The minimum atomic E-state index is -0.388. The maximum atomic E-state index is 10.1. The Kier molecular flexibility index (Phi) is 3.06. The van der Waals surface area contributed by atoms with Crippen molar-refractivity contribution in [1.29, 1.82) is 0 Å². The Morgan fingerprint density at radius 2 is 2.11 bits per heavy atom. The fourth-order valence-electron chi connectivity index (χ4n) is 2.42. The number of nitrogens with zero attached hydrogens (tertiary/aromatic N) is 1. The van der Waals surface area contributed by atoms with Crippen molar-refractivity contribution in [2.75, 3.05) is 5.32 Å². The average molecular weight is 305 g/mol. The molecule has 0 amide bonds. The first-order chi connectivity index (χ1) is 8.74. The number of aliphatic hydroxyl groups excluding tert-OH is 1. The second-order valence-corrected chi connectivity index (χ2v) is 5.40. The average Bonchev–Trinajstić information content (AvgIpc) is 2.66. The number of rotatable bonds is 2. The molecule has 0 saturated carbocycles. The van der Waals surface area contributed by atoms with E-state index in [1.54, 1.807) is 12.4 Å². The molecule has 0 spiro atoms. The zero-order valence-corrected chi connectivity index (χ0v) is 11.3. The maximum absolute atomic E-state index is 10.1. The van der Waals surface area contributed by atoms with Gasteiger partial charge in [0.2, 0.25) is 0 Å². The number of aromatic nitrogens is 1. The molecule has 0 aliphatic heterocycles. The molecule has 0 bridgehead atoms. The molecule has 18 heavy (non-hydrogen) atoms. The van der Waals surface area contributed by atoms with E-state index in [0.717, 1.165) is 10.2 Å². The monoisotopic (exact) mass is 304 g/mol. The Balaban J connectivity index is 1.89. The van der Waals surface area contributed by atoms with Gasteiger partial charge in [0.05, 0.1) is 24.0 Å². The number of halogens is 1. The topological polar surface area (TPSA) is 45.1 Å². The van der Waals surface area contributed by atoms with Gasteiger partial charge in [0.1, 0.15) is 0 Å². The van der Waals surface area contributed by atoms with Gasteiger partial charge in [-0.1, -0.05) is 24.3 Å². The quantitative estimate of drug-likeness (QED) is 0.897. The lowest BCUT2D eigenvalue weighted by atomic mass is 10.1. The lowest BCUT2D eigenvalue weighted by molar-refractivity contribution is 0.166. The molecule has 4 heteroatoms. The van der Waals surface area contributed by atoms with Crippen molar-refractivity contribution in [3.63, 3.8) is 0 Å². The van der Waals surface area contributed by atoms with Crippen LogP contribution in [0.4, 0.5) is 5.69 Å². The standard InChI is InChI=1S/C14H13BrN2O/c15-10-6-11(8-16-7-10)17-14-12-4-2-1-3-9(12)5-13(14)18/h1-4,6-8,13-14,17-18H,5H2/t13-,14+/m0/s1. The Morgan fingerprint density at radius 1 is 1.28 bits per heavy atom. The van der Waals surface area contributed by atoms with Crippen LogP contribution in [0.2, 0.25) is 0 Å². The highest BCUT2D eigenvalue weighted by Crippen LogP contribution is 2.34. The molecule has 0 fully saturated rings. The lowest BCUT2D eigenvalue weighted by Gasteiger charge is -2.19. The number of nitrogens with one attached hydrogen (secondary N) is 1. The van der Waals surface area contributed by atoms with Crippen molar-refractivity contribution in [3.8, 4) is 0 Å². The number of anilines is 1. The summed E-state index contributed by atoms with van der Waals surface area (Å²) in [6.45, 7) is 0. The molecule has 92 valence electrons. The zero-order chi connectivity index (χ0) is 12.5. The second-order valence-electron chi connectivity index (χ2n) is 4.48. The van der Waals surface area contributed by atoms with Crippen molar-refractivity contribution in [2.24, 2.45) is 0 Å². The van der Waals surface area contributed by atoms with Crippen LogP contribution >= 0.6 is 15.9 Å². The largest absolute Gasteiger partial charge is 0.390 e. The van der Waals surface area contributed by atoms with Crippen LogP contribution in [0.3, 0.4) is 0 Å². The van der Waals surface area contributed by atoms with E-state index in [2.05, 4.69) is 38.4 Å². The van der Waals surface area contributed by atoms with Gasteiger partial charge in [0.15, 0.2) is 0 Å². The first-order valence-corrected chi connectivity index (χ1v) is 6.66. The molecular weight excluding hydrogens is 292 g/mol. The molecule has 3 rings (SSSR count). The van der Waals surface area contributed by atoms with E-state index >= 15 is 0 Å². The minimum Gasteiger partial charge on any atom is -0.390 e. The van der Waals surface area contributed by atoms with Gasteiger partial charge >= 0.3 is 0 Å². The Morgan fingerprint density at radius 3 is 2.94 bits per heavy atom. The predicted molar refractivity (Wildman–Crippen MR) is 74.5 cm³/mol. The van der Waals surface area contributed by atoms with Gasteiger partial charge in [0.25, 0.3) is 0 Å². The molecule has 2 N–H and O–H groups in total. The van der Waals surface area contributed by atoms with Crippen molar-refractivity contribution in [3.05, 3.63) is 58.3 Å². The first-order valence-electron chi connectivity index (χ1n) is 5.87. The van der Waals surface area contributed by atoms with Crippen molar-refractivity contribution in [2.45, 2.75) is 18.6 Å². The van der Waals surface area contributed by atoms with E-state index in [-0.39, 0.29) is 12.1 Å². The van der Waals surface area contributed by atoms with Crippen LogP contribution in [0.1, 0.15) is 17.2 Å². The van der Waals surface area contributed by atoms with Crippen LogP contribution in [0.25, 0.3) is 0 Å². The Labute approximate surface area is 114 Å². The smallest absolute Gasteiger partial charge is 0.0823 e. The van der Waals surface area contributed by atoms with E-state index < -0.39 is 0 Å². The second kappa shape index (κ2) is 4.71. The third kappa shape index (κ3) is 2.13. The van der Waals surface area contributed by atoms with Gasteiger partial charge in [-0.3, -0.25) is 4.98 Å². The Bertz CT molecular complexity index is 573. The molecule has 2 aromatic rings. The summed E-state index contributed by atoms with van der Waals surface area (Å²) in [6, 6.07) is 10.0. The molecule has 1 heterocycles. The van der Waals surface area contributed by atoms with Gasteiger partial charge in [-0.05, 0) is 33.1 Å². The number of pyridine rings is 1. The van der Waals surface area contributed by atoms with E-state index in [1.165, 1.54) is 11.1 Å². The predicted octanol–water partition coefficient (Wildman–Crippen LogP) is 2.91. The number of fused-ring (bicyclic) bond motifs is 1. The SMILES string of the molecule is O[C@H]1Cc2ccccc2[C@H]1Nc1cncc(Br)c1. The number of aliphatic hydroxyl groups is 1. The van der Waals surface area contributed by atoms with Gasteiger partial charge in [0, 0.05) is 17.1 Å². The molecule has 1 aromatic carbocycles. The summed E-state index contributed by atoms with van der Waals surface area (Å²) in [5.74, 6) is 0. The molecule has 1 aliphatic rings. The third-order valence-corrected chi connectivity index (χ3v) is 3.66. The van der Waals surface area contributed by atoms with Crippen molar-refractivity contribution in [1.82, 2.24) is 4.98 Å². The van der Waals surface area contributed by atoms with E-state index in [1.807, 2.05) is 18.2 Å². The van der Waals surface area contributed by atoms with Crippen molar-refractivity contribution < 1.29 is 5.11 Å². The summed E-state index contributed by atoms with van der Waals surface area (Å²) < 4.78 is 0.924. The molecular formula is C14H13BrN2O. The summed E-state index contributed by atoms with van der Waals surface area (Å²) in [5.41, 5.74) is 3.29. The minimum absolute atomic E-state index is 0.0581. The highest BCUT2D eigenvalue weighted by Gasteiger charge is 2.30. The molecule has 0 unspecified atom stereocenters. The van der Waals surface area contributed by atoms with E-state index in [9.17, 15) is 5.11 Å². The van der Waals surface area contributed by atoms with Crippen LogP contribution in [-0.2, 0) is 6.42 Å². The van der Waals surface area contributed by atoms with Gasteiger partial charge in [-0.2, -0.15) is 0 Å². The zero-order valence-electron chi connectivity index (χ0n) is 9.68. The number of hydrogen-bond acceptors (Lipinski definition) is 3. The summed E-state index contributed by atoms with van der Waals surface area (Å²) in [4.78, 5) is 4.12. The molecule has 1 aliphatic carbocycles. The van der Waals surface area contributed by atoms with Gasteiger partial charge in [-0.15, -0.1) is 0 Å². The molecule has 0 saturated heterocycles. The van der Waals surface area contributed by atoms with Crippen LogP contribution in [0.15, 0.2) is 47.2 Å². The van der Waals surface area contributed by atoms with Gasteiger partial charge in [-0.25, -0.2) is 0 Å². The molecule has 3 nitrogen and oxygen atoms in total. The highest BCUT2D eigenvalue weighted by atomic mass is 79.9. The number of hydrogen-bond donors (Lipinski definition) is 2. The normalized spacial score (nSPS) is 21.7. The van der Waals surface area contributed by atoms with Crippen LogP contribution in [0.5, 0.6) is 0 Å². The van der Waals surface area contributed by atoms with E-state index in [0.29, 0.717) is 6.42 Å². The van der Waals surface area contributed by atoms with Crippen molar-refractivity contribution >= 4 is 21.6 Å². The molecule has 1 aromatic heterocycles. The molecule has 0 radical (unpaired) electrons. The fourth-order valence-corrected chi connectivity index (χ4v) is 2.78. The first kappa shape index (κ1) is 11.7. The highest BCUT2D eigenvalue weighted by molar-refractivity contribution is 9.10. The van der Waals surface area contributed by atoms with Crippen LogP contribution in [-0.4, -0.2) is 16.2 Å². The Hall–Kier alpha value is -1.39. The number of benzene rings is 1. The van der Waals surface area contributed by atoms with Crippen LogP contribution in [0, 0.1) is 0 Å². The summed E-state index contributed by atoms with van der Waals surface area (Å²) >= 11 is 3.39. The third-order valence-electron chi connectivity index (χ3n) is 3.23. The molecule has 2 atom stereocenters. The fraction of sp³-hybridized carbons (Fsp3) is 0.214. The maximum Gasteiger partial charge on any atom is 0.0823 e. The lowest BCUT2D eigenvalue weighted by Crippen LogP contribution is -2.21.